The minimum absolute atomic E-state index is 0.206. The predicted molar refractivity (Wildman–Crippen MR) is 56.0 cm³/mol. The number of nitrogens with one attached hydrogen (secondary N) is 1. The van der Waals surface area contributed by atoms with Gasteiger partial charge in [0.2, 0.25) is 5.91 Å². The van der Waals surface area contributed by atoms with Gasteiger partial charge in [0.05, 0.1) is 12.1 Å². The van der Waals surface area contributed by atoms with E-state index in [1.165, 1.54) is 0 Å². The van der Waals surface area contributed by atoms with Gasteiger partial charge in [0.15, 0.2) is 0 Å². The normalized spacial score (nSPS) is 10.5. The Morgan fingerprint density at radius 3 is 3.20 bits per heavy atom. The number of hydrazine groups is 1. The first-order valence-electron chi connectivity index (χ1n) is 4.63. The van der Waals surface area contributed by atoms with Crippen molar-refractivity contribution in [1.29, 1.82) is 0 Å². The zero-order chi connectivity index (χ0) is 10.8. The molecule has 0 bridgehead atoms. The van der Waals surface area contributed by atoms with E-state index >= 15 is 0 Å². The fourth-order valence-corrected chi connectivity index (χ4v) is 1.44. The van der Waals surface area contributed by atoms with Crippen LogP contribution in [0, 0.1) is 6.92 Å². The molecule has 5 nitrogen and oxygen atoms in total. The first-order chi connectivity index (χ1) is 7.19. The van der Waals surface area contributed by atoms with E-state index in [1.54, 1.807) is 0 Å². The number of carbonyl (C=O) groups excluding carboxylic acids is 1. The molecule has 2 aromatic rings. The Bertz CT molecular complexity index is 503. The molecule has 2 heterocycles. The maximum absolute atomic E-state index is 11.0. The number of hydrogen-bond acceptors (Lipinski definition) is 3. The summed E-state index contributed by atoms with van der Waals surface area (Å²) in [4.78, 5) is 15.3. The van der Waals surface area contributed by atoms with E-state index in [0.717, 1.165) is 11.2 Å². The molecule has 3 N–H and O–H groups in total. The predicted octanol–water partition coefficient (Wildman–Crippen LogP) is 0.175. The van der Waals surface area contributed by atoms with Crippen molar-refractivity contribution in [3.63, 3.8) is 0 Å². The Hall–Kier alpha value is -1.88. The van der Waals surface area contributed by atoms with Crippen LogP contribution >= 0.6 is 0 Å². The number of hydrogen-bond donors (Lipinski definition) is 2. The standard InChI is InChI=1S/C10H12N4O/c1-7-2-3-14-6-8(5-10(15)13-11)12-9(14)4-7/h2-4,6H,5,11H2,1H3,(H,13,15). The minimum Gasteiger partial charge on any atom is -0.307 e. The number of imidazole rings is 1. The number of fused-ring (bicyclic) bond motifs is 1. The Morgan fingerprint density at radius 1 is 1.67 bits per heavy atom. The van der Waals surface area contributed by atoms with Gasteiger partial charge in [0, 0.05) is 12.4 Å². The second kappa shape index (κ2) is 3.70. The van der Waals surface area contributed by atoms with Crippen LogP contribution in [-0.4, -0.2) is 15.3 Å². The van der Waals surface area contributed by atoms with Crippen LogP contribution in [0.4, 0.5) is 0 Å². The number of amides is 1. The van der Waals surface area contributed by atoms with E-state index < -0.39 is 0 Å². The summed E-state index contributed by atoms with van der Waals surface area (Å²) >= 11 is 0. The maximum atomic E-state index is 11.0. The van der Waals surface area contributed by atoms with E-state index in [0.29, 0.717) is 5.69 Å². The molecule has 78 valence electrons. The molecule has 0 atom stereocenters. The zero-order valence-electron chi connectivity index (χ0n) is 8.40. The molecule has 0 unspecified atom stereocenters. The molecule has 0 fully saturated rings. The fraction of sp³-hybridized carbons (Fsp3) is 0.200. The number of carbonyl (C=O) groups is 1. The molecule has 15 heavy (non-hydrogen) atoms. The summed E-state index contributed by atoms with van der Waals surface area (Å²) in [7, 11) is 0. The van der Waals surface area contributed by atoms with Crippen LogP contribution in [0.1, 0.15) is 11.3 Å². The average Bonchev–Trinajstić information content (AvgIpc) is 2.59. The van der Waals surface area contributed by atoms with Crippen LogP contribution in [0.15, 0.2) is 24.5 Å². The summed E-state index contributed by atoms with van der Waals surface area (Å²) in [6.45, 7) is 2.00. The molecule has 2 aromatic heterocycles. The second-order valence-electron chi connectivity index (χ2n) is 3.45. The van der Waals surface area contributed by atoms with Crippen LogP contribution in [0.25, 0.3) is 5.65 Å². The fourth-order valence-electron chi connectivity index (χ4n) is 1.44. The molecule has 0 saturated carbocycles. The lowest BCUT2D eigenvalue weighted by Gasteiger charge is -1.93. The Kier molecular flexibility index (Phi) is 2.39. The first-order valence-corrected chi connectivity index (χ1v) is 4.63. The molecule has 2 rings (SSSR count). The highest BCUT2D eigenvalue weighted by Crippen LogP contribution is 2.07. The van der Waals surface area contributed by atoms with E-state index in [9.17, 15) is 4.79 Å². The molecule has 0 aliphatic heterocycles. The quantitative estimate of drug-likeness (QED) is 0.416. The Morgan fingerprint density at radius 2 is 2.47 bits per heavy atom. The van der Waals surface area contributed by atoms with Gasteiger partial charge in [-0.05, 0) is 24.6 Å². The lowest BCUT2D eigenvalue weighted by Crippen LogP contribution is -2.31. The van der Waals surface area contributed by atoms with Crippen LogP contribution < -0.4 is 11.3 Å². The molecule has 1 amide bonds. The molecule has 0 spiro atoms. The van der Waals surface area contributed by atoms with Gasteiger partial charge in [-0.15, -0.1) is 0 Å². The number of nitrogens with two attached hydrogens (primary N) is 1. The van der Waals surface area contributed by atoms with Gasteiger partial charge >= 0.3 is 0 Å². The highest BCUT2D eigenvalue weighted by Gasteiger charge is 2.05. The molecule has 5 heteroatoms. The largest absolute Gasteiger partial charge is 0.307 e. The first kappa shape index (κ1) is 9.67. The van der Waals surface area contributed by atoms with Gasteiger partial charge in [-0.25, -0.2) is 10.8 Å². The van der Waals surface area contributed by atoms with Crippen molar-refractivity contribution in [2.45, 2.75) is 13.3 Å². The molecule has 0 saturated heterocycles. The van der Waals surface area contributed by atoms with Crippen LogP contribution in [0.5, 0.6) is 0 Å². The van der Waals surface area contributed by atoms with Crippen molar-refractivity contribution < 1.29 is 4.79 Å². The third kappa shape index (κ3) is 1.97. The van der Waals surface area contributed by atoms with Gasteiger partial charge in [-0.3, -0.25) is 10.2 Å². The van der Waals surface area contributed by atoms with Crippen LogP contribution in [0.3, 0.4) is 0 Å². The molecule has 0 aromatic carbocycles. The zero-order valence-corrected chi connectivity index (χ0v) is 8.40. The van der Waals surface area contributed by atoms with Gasteiger partial charge in [0.1, 0.15) is 5.65 Å². The molecular formula is C10H12N4O. The number of pyridine rings is 1. The topological polar surface area (TPSA) is 72.4 Å². The van der Waals surface area contributed by atoms with E-state index in [2.05, 4.69) is 10.4 Å². The SMILES string of the molecule is Cc1ccn2cc(CC(=O)NN)nc2c1. The molecule has 0 aliphatic rings. The molecule has 0 radical (unpaired) electrons. The van der Waals surface area contributed by atoms with Crippen molar-refractivity contribution in [1.82, 2.24) is 14.8 Å². The van der Waals surface area contributed by atoms with Crippen molar-refractivity contribution in [2.75, 3.05) is 0 Å². The van der Waals surface area contributed by atoms with E-state index in [-0.39, 0.29) is 12.3 Å². The minimum atomic E-state index is -0.241. The lowest BCUT2D eigenvalue weighted by molar-refractivity contribution is -0.120. The number of aromatic nitrogens is 2. The summed E-state index contributed by atoms with van der Waals surface area (Å²) in [5.41, 5.74) is 4.78. The second-order valence-corrected chi connectivity index (χ2v) is 3.45. The average molecular weight is 204 g/mol. The Balaban J connectivity index is 2.34. The van der Waals surface area contributed by atoms with Crippen molar-refractivity contribution >= 4 is 11.6 Å². The smallest absolute Gasteiger partial charge is 0.239 e. The van der Waals surface area contributed by atoms with Crippen LogP contribution in [-0.2, 0) is 11.2 Å². The summed E-state index contributed by atoms with van der Waals surface area (Å²) < 4.78 is 1.88. The van der Waals surface area contributed by atoms with Crippen LogP contribution in [0.2, 0.25) is 0 Å². The van der Waals surface area contributed by atoms with Crippen molar-refractivity contribution in [3.8, 4) is 0 Å². The maximum Gasteiger partial charge on any atom is 0.239 e. The van der Waals surface area contributed by atoms with Crippen molar-refractivity contribution in [3.05, 3.63) is 35.8 Å². The number of aryl methyl sites for hydroxylation is 1. The van der Waals surface area contributed by atoms with E-state index in [4.69, 9.17) is 5.84 Å². The third-order valence-corrected chi connectivity index (χ3v) is 2.17. The summed E-state index contributed by atoms with van der Waals surface area (Å²) in [6, 6.07) is 3.95. The van der Waals surface area contributed by atoms with Crippen molar-refractivity contribution in [2.24, 2.45) is 5.84 Å². The molecular weight excluding hydrogens is 192 g/mol. The van der Waals surface area contributed by atoms with Gasteiger partial charge in [-0.1, -0.05) is 0 Å². The number of nitrogens with zero attached hydrogens (tertiary/aromatic N) is 2. The highest BCUT2D eigenvalue weighted by atomic mass is 16.2. The summed E-state index contributed by atoms with van der Waals surface area (Å²) in [5.74, 6) is 4.76. The van der Waals surface area contributed by atoms with E-state index in [1.807, 2.05) is 35.9 Å². The van der Waals surface area contributed by atoms with Gasteiger partial charge in [-0.2, -0.15) is 0 Å². The monoisotopic (exact) mass is 204 g/mol. The highest BCUT2D eigenvalue weighted by molar-refractivity contribution is 5.77. The lowest BCUT2D eigenvalue weighted by atomic mass is 10.3. The van der Waals surface area contributed by atoms with Gasteiger partial charge in [0.25, 0.3) is 0 Å². The summed E-state index contributed by atoms with van der Waals surface area (Å²) in [6.07, 6.45) is 3.95. The third-order valence-electron chi connectivity index (χ3n) is 2.17. The number of rotatable bonds is 2. The summed E-state index contributed by atoms with van der Waals surface area (Å²) in [5, 5.41) is 0. The Labute approximate surface area is 86.9 Å². The molecule has 0 aliphatic carbocycles. The van der Waals surface area contributed by atoms with Gasteiger partial charge < -0.3 is 4.40 Å².